The van der Waals surface area contributed by atoms with Crippen LogP contribution < -0.4 is 9.47 Å². The lowest BCUT2D eigenvalue weighted by Gasteiger charge is -2.63. The first-order valence-electron chi connectivity index (χ1n) is 14.1. The molecular formula is C31H34N2O3. The molecule has 6 aliphatic rings. The van der Waals surface area contributed by atoms with Crippen LogP contribution in [0.3, 0.4) is 0 Å². The Balaban J connectivity index is 1.33. The standard InChI is InChI=1S/C31H34N2O3/c1-35-23-11-10-20-15-24-31(34)16-22-21-9-3-7-19-8-4-13-33(26(19)21)27(22)29-30(31,25(20)28(23)36-29)12-14-32(24)17-18-5-2-6-18/h3,7,9-11,18,24,29,34H,2,4-6,8,12-17H2,1H3/t24-,29+,30+,31-/m1/s1. The summed E-state index contributed by atoms with van der Waals surface area (Å²) in [6.07, 6.45) is 8.75. The molecule has 5 heteroatoms. The van der Waals surface area contributed by atoms with Gasteiger partial charge in [-0.2, -0.15) is 0 Å². The summed E-state index contributed by atoms with van der Waals surface area (Å²) >= 11 is 0. The maximum Gasteiger partial charge on any atom is 0.166 e. The second-order valence-electron chi connectivity index (χ2n) is 12.4. The summed E-state index contributed by atoms with van der Waals surface area (Å²) < 4.78 is 15.5. The normalized spacial score (nSPS) is 33.6. The summed E-state index contributed by atoms with van der Waals surface area (Å²) in [6.45, 7) is 3.21. The molecule has 1 spiro atoms. The van der Waals surface area contributed by atoms with E-state index in [-0.39, 0.29) is 12.1 Å². The molecule has 2 fully saturated rings. The number of aryl methyl sites for hydroxylation is 2. The van der Waals surface area contributed by atoms with Crippen molar-refractivity contribution in [2.45, 2.75) is 81.1 Å². The molecule has 0 radical (unpaired) electrons. The van der Waals surface area contributed by atoms with Crippen LogP contribution in [0.1, 0.15) is 66.2 Å². The molecule has 186 valence electrons. The average Bonchev–Trinajstić information content (AvgIpc) is 3.36. The molecule has 1 N–H and O–H groups in total. The zero-order valence-corrected chi connectivity index (χ0v) is 21.1. The molecule has 0 unspecified atom stereocenters. The molecule has 2 aromatic carbocycles. The number of para-hydroxylation sites is 1. The van der Waals surface area contributed by atoms with Crippen LogP contribution in [-0.2, 0) is 31.2 Å². The van der Waals surface area contributed by atoms with Gasteiger partial charge >= 0.3 is 0 Å². The quantitative estimate of drug-likeness (QED) is 0.589. The number of benzene rings is 2. The fraction of sp³-hybridized carbons (Fsp3) is 0.548. The number of piperidine rings is 1. The summed E-state index contributed by atoms with van der Waals surface area (Å²) in [5, 5.41) is 14.5. The number of aliphatic hydroxyl groups is 1. The van der Waals surface area contributed by atoms with Crippen LogP contribution in [-0.4, -0.2) is 46.4 Å². The summed E-state index contributed by atoms with van der Waals surface area (Å²) in [7, 11) is 1.74. The van der Waals surface area contributed by atoms with Crippen LogP contribution >= 0.6 is 0 Å². The number of nitrogens with zero attached hydrogens (tertiary/aromatic N) is 2. The smallest absolute Gasteiger partial charge is 0.166 e. The van der Waals surface area contributed by atoms with Crippen molar-refractivity contribution in [3.63, 3.8) is 0 Å². The van der Waals surface area contributed by atoms with Crippen molar-refractivity contribution in [3.8, 4) is 11.5 Å². The van der Waals surface area contributed by atoms with Crippen molar-refractivity contribution in [1.29, 1.82) is 0 Å². The van der Waals surface area contributed by atoms with Gasteiger partial charge in [0.2, 0.25) is 0 Å². The molecule has 3 aliphatic heterocycles. The minimum absolute atomic E-state index is 0.129. The van der Waals surface area contributed by atoms with Crippen molar-refractivity contribution in [2.75, 3.05) is 20.2 Å². The number of aromatic nitrogens is 1. The van der Waals surface area contributed by atoms with Gasteiger partial charge in [0.05, 0.1) is 29.3 Å². The molecule has 3 aliphatic carbocycles. The van der Waals surface area contributed by atoms with Crippen LogP contribution in [0, 0.1) is 5.92 Å². The highest BCUT2D eigenvalue weighted by Crippen LogP contribution is 2.69. The van der Waals surface area contributed by atoms with Crippen molar-refractivity contribution in [2.24, 2.45) is 5.92 Å². The predicted octanol–water partition coefficient (Wildman–Crippen LogP) is 4.69. The van der Waals surface area contributed by atoms with E-state index >= 15 is 0 Å². The molecule has 1 saturated carbocycles. The van der Waals surface area contributed by atoms with Gasteiger partial charge in [0.15, 0.2) is 17.6 Å². The monoisotopic (exact) mass is 482 g/mol. The second-order valence-corrected chi connectivity index (χ2v) is 12.4. The van der Waals surface area contributed by atoms with Gasteiger partial charge < -0.3 is 19.1 Å². The van der Waals surface area contributed by atoms with Crippen LogP contribution in [0.5, 0.6) is 11.5 Å². The highest BCUT2D eigenvalue weighted by Gasteiger charge is 2.73. The SMILES string of the molecule is COc1ccc2c3c1O[C@H]1c4c(c5cccc6c5n4CCC6)C[C@@]4(O)[C@@H](C2)N(CC2CCC2)CC[C@]314. The van der Waals surface area contributed by atoms with Gasteiger partial charge in [-0.15, -0.1) is 0 Å². The van der Waals surface area contributed by atoms with Gasteiger partial charge in [-0.1, -0.05) is 30.7 Å². The first-order chi connectivity index (χ1) is 17.6. The number of hydrogen-bond donors (Lipinski definition) is 1. The van der Waals surface area contributed by atoms with E-state index in [4.69, 9.17) is 9.47 Å². The zero-order valence-electron chi connectivity index (χ0n) is 21.1. The maximum atomic E-state index is 13.2. The Bertz CT molecular complexity index is 1450. The molecule has 36 heavy (non-hydrogen) atoms. The molecule has 2 bridgehead atoms. The van der Waals surface area contributed by atoms with E-state index in [1.807, 2.05) is 0 Å². The van der Waals surface area contributed by atoms with Crippen molar-refractivity contribution in [3.05, 3.63) is 58.3 Å². The number of hydrogen-bond acceptors (Lipinski definition) is 4. The molecule has 4 atom stereocenters. The summed E-state index contributed by atoms with van der Waals surface area (Å²) in [5.74, 6) is 2.50. The Labute approximate surface area is 212 Å². The molecular weight excluding hydrogens is 448 g/mol. The molecule has 5 nitrogen and oxygen atoms in total. The molecule has 3 aromatic rings. The Morgan fingerprint density at radius 2 is 2.03 bits per heavy atom. The summed E-state index contributed by atoms with van der Waals surface area (Å²) in [6, 6.07) is 11.3. The van der Waals surface area contributed by atoms with E-state index in [0.717, 1.165) is 69.2 Å². The van der Waals surface area contributed by atoms with Gasteiger partial charge in [0.1, 0.15) is 0 Å². The van der Waals surface area contributed by atoms with E-state index in [0.29, 0.717) is 0 Å². The average molecular weight is 483 g/mol. The highest BCUT2D eigenvalue weighted by atomic mass is 16.5. The van der Waals surface area contributed by atoms with E-state index in [2.05, 4.69) is 39.8 Å². The third-order valence-corrected chi connectivity index (χ3v) is 11.1. The summed E-state index contributed by atoms with van der Waals surface area (Å²) in [5.41, 5.74) is 6.86. The minimum Gasteiger partial charge on any atom is -0.493 e. The first kappa shape index (κ1) is 20.5. The Hall–Kier alpha value is -2.50. The Morgan fingerprint density at radius 1 is 1.11 bits per heavy atom. The third kappa shape index (κ3) is 2.16. The number of methoxy groups -OCH3 is 1. The lowest BCUT2D eigenvalue weighted by Crippen LogP contribution is -2.74. The fourth-order valence-corrected chi connectivity index (χ4v) is 9.37. The number of rotatable bonds is 3. The van der Waals surface area contributed by atoms with Crippen molar-refractivity contribution in [1.82, 2.24) is 9.47 Å². The molecule has 0 amide bonds. The molecule has 1 aromatic heterocycles. The van der Waals surface area contributed by atoms with Crippen LogP contribution in [0.15, 0.2) is 30.3 Å². The molecule has 4 heterocycles. The van der Waals surface area contributed by atoms with Gasteiger partial charge in [0.25, 0.3) is 0 Å². The largest absolute Gasteiger partial charge is 0.493 e. The molecule has 1 saturated heterocycles. The lowest BCUT2D eigenvalue weighted by molar-refractivity contribution is -0.176. The Kier molecular flexibility index (Phi) is 3.81. The fourth-order valence-electron chi connectivity index (χ4n) is 9.37. The van der Waals surface area contributed by atoms with Crippen LogP contribution in [0.4, 0.5) is 0 Å². The van der Waals surface area contributed by atoms with E-state index in [9.17, 15) is 5.11 Å². The maximum absolute atomic E-state index is 13.2. The number of fused-ring (bicyclic) bond motifs is 4. The summed E-state index contributed by atoms with van der Waals surface area (Å²) in [4.78, 5) is 2.67. The van der Waals surface area contributed by atoms with Gasteiger partial charge in [-0.3, -0.25) is 4.90 Å². The Morgan fingerprint density at radius 3 is 2.86 bits per heavy atom. The highest BCUT2D eigenvalue weighted by molar-refractivity contribution is 5.90. The third-order valence-electron chi connectivity index (χ3n) is 11.1. The van der Waals surface area contributed by atoms with Gasteiger partial charge in [-0.25, -0.2) is 0 Å². The van der Waals surface area contributed by atoms with Crippen molar-refractivity contribution < 1.29 is 14.6 Å². The van der Waals surface area contributed by atoms with E-state index in [1.165, 1.54) is 58.1 Å². The lowest BCUT2D eigenvalue weighted by atomic mass is 9.49. The van der Waals surface area contributed by atoms with Crippen LogP contribution in [0.25, 0.3) is 10.9 Å². The second kappa shape index (κ2) is 6.68. The minimum atomic E-state index is -0.847. The van der Waals surface area contributed by atoms with Crippen LogP contribution in [0.2, 0.25) is 0 Å². The van der Waals surface area contributed by atoms with Crippen molar-refractivity contribution >= 4 is 10.9 Å². The first-order valence-corrected chi connectivity index (χ1v) is 14.1. The zero-order chi connectivity index (χ0) is 23.8. The van der Waals surface area contributed by atoms with Gasteiger partial charge in [0, 0.05) is 36.5 Å². The number of likely N-dealkylation sites (tertiary alicyclic amines) is 1. The van der Waals surface area contributed by atoms with Gasteiger partial charge in [-0.05, 0) is 73.7 Å². The number of ether oxygens (including phenoxy) is 2. The van der Waals surface area contributed by atoms with E-state index < -0.39 is 11.0 Å². The predicted molar refractivity (Wildman–Crippen MR) is 138 cm³/mol. The van der Waals surface area contributed by atoms with E-state index in [1.54, 1.807) is 7.11 Å². The topological polar surface area (TPSA) is 46.9 Å². The molecule has 9 rings (SSSR count).